The smallest absolute Gasteiger partial charge is 0.251 e. The molecule has 0 amide bonds. The second kappa shape index (κ2) is 3.49. The molecule has 1 aromatic rings. The first-order chi connectivity index (χ1) is 5.63. The van der Waals surface area contributed by atoms with Gasteiger partial charge in [-0.25, -0.2) is 4.98 Å². The van der Waals surface area contributed by atoms with E-state index in [-0.39, 0.29) is 18.0 Å². The number of rotatable bonds is 2. The summed E-state index contributed by atoms with van der Waals surface area (Å²) in [7, 11) is 0. The van der Waals surface area contributed by atoms with Gasteiger partial charge < -0.3 is 10.7 Å². The van der Waals surface area contributed by atoms with Crippen LogP contribution in [0.25, 0.3) is 0 Å². The Morgan fingerprint density at radius 2 is 2.33 bits per heavy atom. The van der Waals surface area contributed by atoms with Crippen molar-refractivity contribution in [2.24, 2.45) is 5.73 Å². The highest BCUT2D eigenvalue weighted by atomic mass is 16.1. The lowest BCUT2D eigenvalue weighted by molar-refractivity contribution is 0.773. The number of hydrogen-bond donors (Lipinski definition) is 2. The molecule has 12 heavy (non-hydrogen) atoms. The topological polar surface area (TPSA) is 71.8 Å². The largest absolute Gasteiger partial charge is 0.324 e. The minimum absolute atomic E-state index is 0.130. The van der Waals surface area contributed by atoms with Crippen LogP contribution in [0.1, 0.15) is 31.3 Å². The van der Waals surface area contributed by atoms with E-state index < -0.39 is 0 Å². The van der Waals surface area contributed by atoms with E-state index in [0.29, 0.717) is 5.82 Å². The second-order valence-corrected chi connectivity index (χ2v) is 2.98. The first kappa shape index (κ1) is 8.93. The van der Waals surface area contributed by atoms with Gasteiger partial charge in [0.05, 0.1) is 12.2 Å². The van der Waals surface area contributed by atoms with Crippen molar-refractivity contribution < 1.29 is 0 Å². The number of aromatic nitrogens is 2. The third kappa shape index (κ3) is 1.92. The number of nitrogens with one attached hydrogen (secondary N) is 1. The molecule has 4 heteroatoms. The molecule has 66 valence electrons. The van der Waals surface area contributed by atoms with Crippen molar-refractivity contribution in [2.45, 2.75) is 26.3 Å². The summed E-state index contributed by atoms with van der Waals surface area (Å²) in [6, 6.07) is 1.50. The predicted octanol–water partition coefficient (Wildman–Crippen LogP) is 0.352. The van der Waals surface area contributed by atoms with Crippen molar-refractivity contribution >= 4 is 0 Å². The van der Waals surface area contributed by atoms with Gasteiger partial charge in [0, 0.05) is 6.07 Å². The Labute approximate surface area is 70.8 Å². The zero-order valence-electron chi connectivity index (χ0n) is 7.29. The molecule has 0 bridgehead atoms. The Kier molecular flexibility index (Phi) is 2.60. The monoisotopic (exact) mass is 167 g/mol. The van der Waals surface area contributed by atoms with Crippen LogP contribution in [-0.4, -0.2) is 9.97 Å². The second-order valence-electron chi connectivity index (χ2n) is 2.98. The van der Waals surface area contributed by atoms with Crippen LogP contribution in [0, 0.1) is 0 Å². The summed E-state index contributed by atoms with van der Waals surface area (Å²) < 4.78 is 0. The van der Waals surface area contributed by atoms with Crippen LogP contribution >= 0.6 is 0 Å². The summed E-state index contributed by atoms with van der Waals surface area (Å²) in [4.78, 5) is 17.8. The number of hydrogen-bond acceptors (Lipinski definition) is 3. The maximum atomic E-state index is 11.0. The number of nitrogens with two attached hydrogens (primary N) is 1. The van der Waals surface area contributed by atoms with Crippen molar-refractivity contribution in [3.05, 3.63) is 27.9 Å². The molecule has 0 saturated carbocycles. The molecule has 0 unspecified atom stereocenters. The molecule has 1 aromatic heterocycles. The fourth-order valence-corrected chi connectivity index (χ4v) is 0.921. The van der Waals surface area contributed by atoms with Crippen LogP contribution in [0.5, 0.6) is 0 Å². The molecule has 1 heterocycles. The molecule has 0 aliphatic heterocycles. The van der Waals surface area contributed by atoms with Crippen molar-refractivity contribution in [1.29, 1.82) is 0 Å². The highest BCUT2D eigenvalue weighted by molar-refractivity contribution is 5.06. The van der Waals surface area contributed by atoms with Gasteiger partial charge in [0.1, 0.15) is 5.82 Å². The summed E-state index contributed by atoms with van der Waals surface area (Å²) in [6.45, 7) is 4.25. The minimum atomic E-state index is -0.130. The molecule has 0 spiro atoms. The summed E-state index contributed by atoms with van der Waals surface area (Å²) in [5, 5.41) is 0. The van der Waals surface area contributed by atoms with E-state index in [9.17, 15) is 4.79 Å². The summed E-state index contributed by atoms with van der Waals surface area (Å²) in [5.41, 5.74) is 6.02. The summed E-state index contributed by atoms with van der Waals surface area (Å²) in [6.07, 6.45) is 0. The lowest BCUT2D eigenvalue weighted by Crippen LogP contribution is -2.15. The van der Waals surface area contributed by atoms with E-state index in [1.54, 1.807) is 0 Å². The molecule has 0 radical (unpaired) electrons. The molecule has 0 aliphatic rings. The van der Waals surface area contributed by atoms with Gasteiger partial charge in [0.25, 0.3) is 5.56 Å². The fourth-order valence-electron chi connectivity index (χ4n) is 0.921. The van der Waals surface area contributed by atoms with E-state index in [2.05, 4.69) is 9.97 Å². The van der Waals surface area contributed by atoms with Crippen LogP contribution in [0.2, 0.25) is 0 Å². The van der Waals surface area contributed by atoms with Crippen LogP contribution in [0.15, 0.2) is 10.9 Å². The summed E-state index contributed by atoms with van der Waals surface area (Å²) in [5.74, 6) is 0.809. The van der Waals surface area contributed by atoms with Gasteiger partial charge in [-0.05, 0) is 5.92 Å². The molecular formula is C8H13N3O. The normalized spacial score (nSPS) is 10.7. The van der Waals surface area contributed by atoms with Crippen LogP contribution in [0.4, 0.5) is 0 Å². The van der Waals surface area contributed by atoms with E-state index in [0.717, 1.165) is 5.69 Å². The molecule has 1 rings (SSSR count). The highest BCUT2D eigenvalue weighted by Gasteiger charge is 2.03. The van der Waals surface area contributed by atoms with Crippen LogP contribution < -0.4 is 11.3 Å². The number of H-pyrrole nitrogens is 1. The van der Waals surface area contributed by atoms with Gasteiger partial charge in [-0.2, -0.15) is 0 Å². The van der Waals surface area contributed by atoms with Crippen molar-refractivity contribution in [1.82, 2.24) is 9.97 Å². The van der Waals surface area contributed by atoms with Gasteiger partial charge in [0.2, 0.25) is 0 Å². The van der Waals surface area contributed by atoms with Crippen LogP contribution in [0.3, 0.4) is 0 Å². The Hall–Kier alpha value is -1.16. The molecule has 0 aliphatic carbocycles. The summed E-state index contributed by atoms with van der Waals surface area (Å²) >= 11 is 0. The zero-order valence-corrected chi connectivity index (χ0v) is 7.29. The highest BCUT2D eigenvalue weighted by Crippen LogP contribution is 2.07. The molecule has 3 N–H and O–H groups in total. The standard InChI is InChI=1S/C8H13N3O/c1-5(2)6-3-8(12)11-7(4-9)10-6/h3,5H,4,9H2,1-2H3,(H,10,11,12). The third-order valence-corrected chi connectivity index (χ3v) is 1.60. The molecule has 0 aromatic carbocycles. The van der Waals surface area contributed by atoms with Crippen molar-refractivity contribution in [2.75, 3.05) is 0 Å². The van der Waals surface area contributed by atoms with Gasteiger partial charge >= 0.3 is 0 Å². The Bertz CT molecular complexity index is 316. The molecule has 0 fully saturated rings. The first-order valence-electron chi connectivity index (χ1n) is 3.93. The number of aromatic amines is 1. The van der Waals surface area contributed by atoms with Gasteiger partial charge in [0.15, 0.2) is 0 Å². The quantitative estimate of drug-likeness (QED) is 0.667. The lowest BCUT2D eigenvalue weighted by Gasteiger charge is -2.04. The van der Waals surface area contributed by atoms with Crippen molar-refractivity contribution in [3.8, 4) is 0 Å². The molecule has 0 saturated heterocycles. The SMILES string of the molecule is CC(C)c1cc(=O)[nH]c(CN)n1. The van der Waals surface area contributed by atoms with Gasteiger partial charge in [-0.1, -0.05) is 13.8 Å². The lowest BCUT2D eigenvalue weighted by atomic mass is 10.1. The molecule has 0 atom stereocenters. The average molecular weight is 167 g/mol. The Morgan fingerprint density at radius 1 is 1.67 bits per heavy atom. The number of nitrogens with zero attached hydrogens (tertiary/aromatic N) is 1. The Morgan fingerprint density at radius 3 is 2.83 bits per heavy atom. The van der Waals surface area contributed by atoms with E-state index >= 15 is 0 Å². The van der Waals surface area contributed by atoms with E-state index in [1.807, 2.05) is 13.8 Å². The predicted molar refractivity (Wildman–Crippen MR) is 46.8 cm³/mol. The van der Waals surface area contributed by atoms with Crippen LogP contribution in [-0.2, 0) is 6.54 Å². The molecular weight excluding hydrogens is 154 g/mol. The van der Waals surface area contributed by atoms with E-state index in [1.165, 1.54) is 6.07 Å². The maximum absolute atomic E-state index is 11.0. The zero-order chi connectivity index (χ0) is 9.14. The molecule has 4 nitrogen and oxygen atoms in total. The van der Waals surface area contributed by atoms with Crippen molar-refractivity contribution in [3.63, 3.8) is 0 Å². The van der Waals surface area contributed by atoms with Gasteiger partial charge in [-0.3, -0.25) is 4.79 Å². The minimum Gasteiger partial charge on any atom is -0.324 e. The Balaban J connectivity index is 3.15. The fraction of sp³-hybridized carbons (Fsp3) is 0.500. The van der Waals surface area contributed by atoms with Gasteiger partial charge in [-0.15, -0.1) is 0 Å². The average Bonchev–Trinajstić information content (AvgIpc) is 2.03. The first-order valence-corrected chi connectivity index (χ1v) is 3.93. The van der Waals surface area contributed by atoms with E-state index in [4.69, 9.17) is 5.73 Å². The maximum Gasteiger partial charge on any atom is 0.251 e. The third-order valence-electron chi connectivity index (χ3n) is 1.60.